The van der Waals surface area contributed by atoms with Gasteiger partial charge in [-0.25, -0.2) is 0 Å². The van der Waals surface area contributed by atoms with Crippen LogP contribution < -0.4 is 10.6 Å². The molecule has 0 bridgehead atoms. The van der Waals surface area contributed by atoms with Crippen molar-refractivity contribution in [1.29, 1.82) is 0 Å². The second kappa shape index (κ2) is 10.7. The molecule has 0 aliphatic carbocycles. The van der Waals surface area contributed by atoms with Gasteiger partial charge in [0.2, 0.25) is 0 Å². The van der Waals surface area contributed by atoms with Crippen LogP contribution in [-0.2, 0) is 10.2 Å². The Morgan fingerprint density at radius 3 is 2.35 bits per heavy atom. The molecule has 26 heavy (non-hydrogen) atoms. The molecule has 4 nitrogen and oxygen atoms in total. The molecule has 148 valence electrons. The smallest absolute Gasteiger partial charge is 0.381 e. The molecule has 1 heterocycles. The number of aliphatic imine (C=N–C) groups is 1. The summed E-state index contributed by atoms with van der Waals surface area (Å²) < 4.78 is 43.4. The molecule has 1 saturated heterocycles. The van der Waals surface area contributed by atoms with Gasteiger partial charge in [0.1, 0.15) is 0 Å². The molecule has 9 heteroatoms. The van der Waals surface area contributed by atoms with Gasteiger partial charge >= 0.3 is 6.18 Å². The van der Waals surface area contributed by atoms with E-state index in [9.17, 15) is 13.2 Å². The van der Waals surface area contributed by atoms with Crippen molar-refractivity contribution in [2.24, 2.45) is 4.99 Å². The Morgan fingerprint density at radius 1 is 1.19 bits per heavy atom. The van der Waals surface area contributed by atoms with Crippen LogP contribution >= 0.6 is 39.9 Å². The van der Waals surface area contributed by atoms with Crippen LogP contribution in [0.5, 0.6) is 0 Å². The topological polar surface area (TPSA) is 45.7 Å². The Balaban J connectivity index is 0.00000338. The van der Waals surface area contributed by atoms with Crippen LogP contribution in [0.3, 0.4) is 0 Å². The van der Waals surface area contributed by atoms with Crippen LogP contribution in [0.25, 0.3) is 0 Å². The van der Waals surface area contributed by atoms with Crippen molar-refractivity contribution in [1.82, 2.24) is 10.6 Å². The first-order valence-corrected chi connectivity index (χ1v) is 8.99. The number of halogens is 5. The average molecular weight is 550 g/mol. The molecular formula is C17H24BrF3IN3O. The SMILES string of the molecule is CN=C(NCCC(F)(F)F)NCC1(c2ccc(Br)cc2)CCOCC1.I. The van der Waals surface area contributed by atoms with Gasteiger partial charge in [-0.1, -0.05) is 28.1 Å². The van der Waals surface area contributed by atoms with E-state index in [0.717, 1.165) is 17.3 Å². The predicted octanol–water partition coefficient (Wildman–Crippen LogP) is 4.23. The maximum atomic E-state index is 12.3. The lowest BCUT2D eigenvalue weighted by Gasteiger charge is -2.38. The summed E-state index contributed by atoms with van der Waals surface area (Å²) in [6.45, 7) is 1.72. The molecule has 1 aromatic rings. The molecule has 0 aromatic heterocycles. The Hall–Kier alpha value is -0.550. The zero-order valence-electron chi connectivity index (χ0n) is 14.5. The van der Waals surface area contributed by atoms with Crippen molar-refractivity contribution in [3.63, 3.8) is 0 Å². The van der Waals surface area contributed by atoms with E-state index in [0.29, 0.717) is 25.7 Å². The highest BCUT2D eigenvalue weighted by Gasteiger charge is 2.34. The first-order chi connectivity index (χ1) is 11.8. The van der Waals surface area contributed by atoms with Crippen LogP contribution in [-0.4, -0.2) is 45.5 Å². The van der Waals surface area contributed by atoms with Gasteiger partial charge in [0.25, 0.3) is 0 Å². The van der Waals surface area contributed by atoms with E-state index in [2.05, 4.69) is 43.7 Å². The zero-order valence-corrected chi connectivity index (χ0v) is 18.5. The Labute approximate surface area is 177 Å². The highest BCUT2D eigenvalue weighted by atomic mass is 127. The molecule has 0 atom stereocenters. The fourth-order valence-electron chi connectivity index (χ4n) is 2.93. The van der Waals surface area contributed by atoms with E-state index in [-0.39, 0.29) is 35.9 Å². The summed E-state index contributed by atoms with van der Waals surface area (Å²) in [6, 6.07) is 8.17. The van der Waals surface area contributed by atoms with E-state index in [1.165, 1.54) is 5.56 Å². The van der Waals surface area contributed by atoms with Crippen molar-refractivity contribution in [3.8, 4) is 0 Å². The third-order valence-corrected chi connectivity index (χ3v) is 4.95. The number of hydrogen-bond acceptors (Lipinski definition) is 2. The van der Waals surface area contributed by atoms with Crippen LogP contribution in [0.15, 0.2) is 33.7 Å². The molecule has 0 radical (unpaired) electrons. The van der Waals surface area contributed by atoms with Crippen molar-refractivity contribution in [2.45, 2.75) is 30.9 Å². The molecule has 1 aromatic carbocycles. The summed E-state index contributed by atoms with van der Waals surface area (Å²) in [5.41, 5.74) is 1.07. The number of hydrogen-bond donors (Lipinski definition) is 2. The summed E-state index contributed by atoms with van der Waals surface area (Å²) in [7, 11) is 1.55. The number of alkyl halides is 3. The van der Waals surface area contributed by atoms with Gasteiger partial charge in [0.15, 0.2) is 5.96 Å². The van der Waals surface area contributed by atoms with E-state index in [4.69, 9.17) is 4.74 Å². The largest absolute Gasteiger partial charge is 0.390 e. The van der Waals surface area contributed by atoms with Gasteiger partial charge in [-0.3, -0.25) is 4.99 Å². The van der Waals surface area contributed by atoms with E-state index in [1.54, 1.807) is 7.05 Å². The standard InChI is InChI=1S/C17H23BrF3N3O.HI/c1-22-15(23-9-6-17(19,20)21)24-12-16(7-10-25-11-8-16)13-2-4-14(18)5-3-13;/h2-5H,6-12H2,1H3,(H2,22,23,24);1H. The fraction of sp³-hybridized carbons (Fsp3) is 0.588. The van der Waals surface area contributed by atoms with Gasteiger partial charge in [0, 0.05) is 43.2 Å². The van der Waals surface area contributed by atoms with Crippen LogP contribution in [0, 0.1) is 0 Å². The lowest BCUT2D eigenvalue weighted by molar-refractivity contribution is -0.132. The number of nitrogens with zero attached hydrogens (tertiary/aromatic N) is 1. The number of guanidine groups is 1. The minimum absolute atomic E-state index is 0. The van der Waals surface area contributed by atoms with Crippen LogP contribution in [0.1, 0.15) is 24.8 Å². The summed E-state index contributed by atoms with van der Waals surface area (Å²) in [4.78, 5) is 4.02. The molecule has 1 aliphatic rings. The second-order valence-electron chi connectivity index (χ2n) is 6.12. The van der Waals surface area contributed by atoms with E-state index >= 15 is 0 Å². The quantitative estimate of drug-likeness (QED) is 0.328. The molecule has 1 aliphatic heterocycles. The molecule has 0 unspecified atom stereocenters. The summed E-state index contributed by atoms with van der Waals surface area (Å²) in [6.07, 6.45) is -3.37. The van der Waals surface area contributed by atoms with Crippen molar-refractivity contribution in [3.05, 3.63) is 34.3 Å². The van der Waals surface area contributed by atoms with Gasteiger partial charge in [-0.15, -0.1) is 24.0 Å². The van der Waals surface area contributed by atoms with Crippen LogP contribution in [0.4, 0.5) is 13.2 Å². The normalized spacial score (nSPS) is 17.3. The van der Waals surface area contributed by atoms with Crippen molar-refractivity contribution < 1.29 is 17.9 Å². The molecule has 2 N–H and O–H groups in total. The first-order valence-electron chi connectivity index (χ1n) is 8.20. The van der Waals surface area contributed by atoms with E-state index < -0.39 is 12.6 Å². The highest BCUT2D eigenvalue weighted by molar-refractivity contribution is 14.0. The molecule has 0 spiro atoms. The maximum Gasteiger partial charge on any atom is 0.390 e. The van der Waals surface area contributed by atoms with Gasteiger partial charge in [-0.2, -0.15) is 13.2 Å². The summed E-state index contributed by atoms with van der Waals surface area (Å²) in [5.74, 6) is 0.382. The van der Waals surface area contributed by atoms with Crippen LogP contribution in [0.2, 0.25) is 0 Å². The van der Waals surface area contributed by atoms with E-state index in [1.807, 2.05) is 12.1 Å². The maximum absolute atomic E-state index is 12.3. The predicted molar refractivity (Wildman–Crippen MR) is 111 cm³/mol. The lowest BCUT2D eigenvalue weighted by atomic mass is 9.74. The summed E-state index contributed by atoms with van der Waals surface area (Å²) >= 11 is 3.44. The Bertz CT molecular complexity index is 576. The van der Waals surface area contributed by atoms with Crippen molar-refractivity contribution >= 4 is 45.9 Å². The monoisotopic (exact) mass is 549 g/mol. The fourth-order valence-corrected chi connectivity index (χ4v) is 3.19. The summed E-state index contributed by atoms with van der Waals surface area (Å²) in [5, 5.41) is 5.91. The molecular weight excluding hydrogens is 526 g/mol. The minimum Gasteiger partial charge on any atom is -0.381 e. The minimum atomic E-state index is -4.18. The van der Waals surface area contributed by atoms with Crippen molar-refractivity contribution in [2.75, 3.05) is 33.4 Å². The molecule has 0 amide bonds. The third kappa shape index (κ3) is 7.22. The number of ether oxygens (including phenoxy) is 1. The average Bonchev–Trinajstić information content (AvgIpc) is 2.58. The zero-order chi connectivity index (χ0) is 18.3. The number of nitrogens with one attached hydrogen (secondary N) is 2. The van der Waals surface area contributed by atoms with Gasteiger partial charge in [0.05, 0.1) is 6.42 Å². The highest BCUT2D eigenvalue weighted by Crippen LogP contribution is 2.34. The van der Waals surface area contributed by atoms with Gasteiger partial charge < -0.3 is 15.4 Å². The van der Waals surface area contributed by atoms with Gasteiger partial charge in [-0.05, 0) is 30.5 Å². The second-order valence-corrected chi connectivity index (χ2v) is 7.03. The first kappa shape index (κ1) is 23.5. The molecule has 1 fully saturated rings. The number of benzene rings is 1. The Kier molecular flexibility index (Phi) is 9.67. The number of rotatable bonds is 5. The Morgan fingerprint density at radius 2 is 1.81 bits per heavy atom. The molecule has 2 rings (SSSR count). The lowest BCUT2D eigenvalue weighted by Crippen LogP contribution is -2.48. The third-order valence-electron chi connectivity index (χ3n) is 4.43. The molecule has 0 saturated carbocycles.